The Morgan fingerprint density at radius 3 is 2.93 bits per heavy atom. The first-order valence-electron chi connectivity index (χ1n) is 4.35. The number of hydrogen-bond acceptors (Lipinski definition) is 3. The van der Waals surface area contributed by atoms with Crippen molar-refractivity contribution in [1.82, 2.24) is 9.61 Å². The number of rotatable bonds is 1. The molecular formula is C10H9BrN2O2. The highest BCUT2D eigenvalue weighted by atomic mass is 79.9. The zero-order valence-electron chi connectivity index (χ0n) is 8.32. The lowest BCUT2D eigenvalue weighted by molar-refractivity contribution is 0.0603. The molecule has 2 rings (SSSR count). The average molecular weight is 269 g/mol. The van der Waals surface area contributed by atoms with Crippen LogP contribution >= 0.6 is 15.9 Å². The van der Waals surface area contributed by atoms with Crippen molar-refractivity contribution < 1.29 is 9.53 Å². The Hall–Kier alpha value is -1.36. The second-order valence-electron chi connectivity index (χ2n) is 3.16. The molecule has 15 heavy (non-hydrogen) atoms. The first-order valence-corrected chi connectivity index (χ1v) is 5.15. The Kier molecular flexibility index (Phi) is 2.48. The van der Waals surface area contributed by atoms with E-state index in [9.17, 15) is 4.79 Å². The molecule has 2 aromatic heterocycles. The summed E-state index contributed by atoms with van der Waals surface area (Å²) in [5.41, 5.74) is 2.17. The van der Waals surface area contributed by atoms with Gasteiger partial charge in [0.05, 0.1) is 18.8 Å². The molecule has 0 aliphatic carbocycles. The second-order valence-corrected chi connectivity index (χ2v) is 4.08. The van der Waals surface area contributed by atoms with Gasteiger partial charge in [-0.15, -0.1) is 0 Å². The maximum absolute atomic E-state index is 11.4. The summed E-state index contributed by atoms with van der Waals surface area (Å²) in [4.78, 5) is 11.4. The Labute approximate surface area is 95.0 Å². The van der Waals surface area contributed by atoms with E-state index in [1.54, 1.807) is 4.52 Å². The van der Waals surface area contributed by atoms with Crippen molar-refractivity contribution in [2.75, 3.05) is 7.11 Å². The third-order valence-electron chi connectivity index (χ3n) is 2.17. The first kappa shape index (κ1) is 10.2. The lowest BCUT2D eigenvalue weighted by atomic mass is 10.2. The Bertz CT molecular complexity index is 533. The molecule has 2 aromatic rings. The lowest BCUT2D eigenvalue weighted by Crippen LogP contribution is -2.01. The predicted octanol–water partition coefficient (Wildman–Crippen LogP) is 2.19. The quantitative estimate of drug-likeness (QED) is 0.745. The number of carbonyl (C=O) groups excluding carboxylic acids is 1. The molecule has 0 atom stereocenters. The molecule has 0 saturated carbocycles. The van der Waals surface area contributed by atoms with E-state index in [1.165, 1.54) is 13.3 Å². The van der Waals surface area contributed by atoms with Gasteiger partial charge in [-0.3, -0.25) is 0 Å². The molecule has 0 saturated heterocycles. The largest absolute Gasteiger partial charge is 0.465 e. The summed E-state index contributed by atoms with van der Waals surface area (Å²) >= 11 is 3.38. The molecular weight excluding hydrogens is 260 g/mol. The van der Waals surface area contributed by atoms with Gasteiger partial charge in [-0.25, -0.2) is 9.31 Å². The third-order valence-corrected chi connectivity index (χ3v) is 2.63. The number of hydrogen-bond donors (Lipinski definition) is 0. The van der Waals surface area contributed by atoms with Gasteiger partial charge in [0.15, 0.2) is 0 Å². The van der Waals surface area contributed by atoms with Gasteiger partial charge in [0.25, 0.3) is 0 Å². The van der Waals surface area contributed by atoms with Crippen LogP contribution in [-0.2, 0) is 4.74 Å². The lowest BCUT2D eigenvalue weighted by Gasteiger charge is -2.01. The molecule has 0 bridgehead atoms. The van der Waals surface area contributed by atoms with Gasteiger partial charge in [-0.2, -0.15) is 5.10 Å². The number of nitrogens with zero attached hydrogens (tertiary/aromatic N) is 2. The van der Waals surface area contributed by atoms with Crippen LogP contribution in [0, 0.1) is 6.92 Å². The van der Waals surface area contributed by atoms with Gasteiger partial charge >= 0.3 is 5.97 Å². The smallest absolute Gasteiger partial charge is 0.341 e. The van der Waals surface area contributed by atoms with Crippen molar-refractivity contribution >= 4 is 27.4 Å². The van der Waals surface area contributed by atoms with Crippen molar-refractivity contribution in [3.8, 4) is 0 Å². The zero-order valence-corrected chi connectivity index (χ0v) is 9.91. The molecule has 0 spiro atoms. The third kappa shape index (κ3) is 1.63. The predicted molar refractivity (Wildman–Crippen MR) is 59.0 cm³/mol. The average Bonchev–Trinajstić information content (AvgIpc) is 2.60. The molecule has 0 radical (unpaired) electrons. The number of aryl methyl sites for hydroxylation is 1. The summed E-state index contributed by atoms with van der Waals surface area (Å²) in [6.07, 6.45) is 1.51. The Morgan fingerprint density at radius 1 is 1.53 bits per heavy atom. The van der Waals surface area contributed by atoms with Crippen LogP contribution in [0.3, 0.4) is 0 Å². The van der Waals surface area contributed by atoms with E-state index < -0.39 is 0 Å². The summed E-state index contributed by atoms with van der Waals surface area (Å²) in [6, 6.07) is 3.77. The normalized spacial score (nSPS) is 10.6. The van der Waals surface area contributed by atoms with Crippen LogP contribution in [0.2, 0.25) is 0 Å². The fourth-order valence-electron chi connectivity index (χ4n) is 1.48. The molecule has 0 aliphatic rings. The van der Waals surface area contributed by atoms with Crippen LogP contribution in [-0.4, -0.2) is 22.7 Å². The standard InChI is InChI=1S/C10H9BrN2O2/c1-6-3-7(11)4-9-8(10(14)15-2)5-12-13(6)9/h3-5H,1-2H3. The SMILES string of the molecule is COC(=O)c1cnn2c(C)cc(Br)cc12. The number of esters is 1. The van der Waals surface area contributed by atoms with Crippen LogP contribution < -0.4 is 0 Å². The Morgan fingerprint density at radius 2 is 2.27 bits per heavy atom. The van der Waals surface area contributed by atoms with Gasteiger partial charge in [0.1, 0.15) is 5.56 Å². The monoisotopic (exact) mass is 268 g/mol. The van der Waals surface area contributed by atoms with E-state index in [0.29, 0.717) is 5.56 Å². The van der Waals surface area contributed by atoms with Crippen LogP contribution in [0.15, 0.2) is 22.8 Å². The fourth-order valence-corrected chi connectivity index (χ4v) is 2.03. The van der Waals surface area contributed by atoms with E-state index in [4.69, 9.17) is 0 Å². The topological polar surface area (TPSA) is 43.6 Å². The summed E-state index contributed by atoms with van der Waals surface area (Å²) in [6.45, 7) is 1.92. The maximum atomic E-state index is 11.4. The summed E-state index contributed by atoms with van der Waals surface area (Å²) < 4.78 is 7.30. The van der Waals surface area contributed by atoms with Crippen LogP contribution in [0.4, 0.5) is 0 Å². The van der Waals surface area contributed by atoms with Crippen molar-refractivity contribution in [3.63, 3.8) is 0 Å². The molecule has 0 amide bonds. The minimum atomic E-state index is -0.373. The van der Waals surface area contributed by atoms with Crippen molar-refractivity contribution in [1.29, 1.82) is 0 Å². The minimum Gasteiger partial charge on any atom is -0.465 e. The minimum absolute atomic E-state index is 0.373. The highest BCUT2D eigenvalue weighted by Crippen LogP contribution is 2.19. The summed E-state index contributed by atoms with van der Waals surface area (Å²) in [5.74, 6) is -0.373. The number of pyridine rings is 1. The van der Waals surface area contributed by atoms with Gasteiger partial charge < -0.3 is 4.74 Å². The number of carbonyl (C=O) groups is 1. The molecule has 0 aromatic carbocycles. The van der Waals surface area contributed by atoms with Gasteiger partial charge in [-0.05, 0) is 19.1 Å². The molecule has 0 aliphatic heterocycles. The van der Waals surface area contributed by atoms with E-state index in [-0.39, 0.29) is 5.97 Å². The van der Waals surface area contributed by atoms with Crippen LogP contribution in [0.5, 0.6) is 0 Å². The van der Waals surface area contributed by atoms with E-state index >= 15 is 0 Å². The highest BCUT2D eigenvalue weighted by molar-refractivity contribution is 9.10. The van der Waals surface area contributed by atoms with E-state index in [1.807, 2.05) is 19.1 Å². The van der Waals surface area contributed by atoms with Gasteiger partial charge in [0.2, 0.25) is 0 Å². The van der Waals surface area contributed by atoms with E-state index in [0.717, 1.165) is 15.7 Å². The molecule has 5 heteroatoms. The van der Waals surface area contributed by atoms with Crippen molar-refractivity contribution in [2.45, 2.75) is 6.92 Å². The van der Waals surface area contributed by atoms with Crippen molar-refractivity contribution in [2.24, 2.45) is 0 Å². The number of aromatic nitrogens is 2. The van der Waals surface area contributed by atoms with Gasteiger partial charge in [-0.1, -0.05) is 15.9 Å². The highest BCUT2D eigenvalue weighted by Gasteiger charge is 2.13. The summed E-state index contributed by atoms with van der Waals surface area (Å²) in [7, 11) is 1.36. The number of ether oxygens (including phenoxy) is 1. The fraction of sp³-hybridized carbons (Fsp3) is 0.200. The molecule has 78 valence electrons. The van der Waals surface area contributed by atoms with Crippen LogP contribution in [0.1, 0.15) is 16.1 Å². The van der Waals surface area contributed by atoms with Crippen molar-refractivity contribution in [3.05, 3.63) is 34.1 Å². The molecule has 0 N–H and O–H groups in total. The van der Waals surface area contributed by atoms with Crippen LogP contribution in [0.25, 0.3) is 5.52 Å². The molecule has 2 heterocycles. The number of fused-ring (bicyclic) bond motifs is 1. The van der Waals surface area contributed by atoms with E-state index in [2.05, 4.69) is 25.8 Å². The zero-order chi connectivity index (χ0) is 11.0. The molecule has 0 fully saturated rings. The maximum Gasteiger partial charge on any atom is 0.341 e. The van der Waals surface area contributed by atoms with Gasteiger partial charge in [0, 0.05) is 10.2 Å². The number of halogens is 1. The first-order chi connectivity index (χ1) is 7.13. The Balaban J connectivity index is 2.74. The molecule has 0 unspecified atom stereocenters. The summed E-state index contributed by atoms with van der Waals surface area (Å²) in [5, 5.41) is 4.12. The number of methoxy groups -OCH3 is 1. The molecule has 4 nitrogen and oxygen atoms in total. The second kappa shape index (κ2) is 3.66.